The van der Waals surface area contributed by atoms with Crippen LogP contribution in [-0.2, 0) is 19.4 Å². The van der Waals surface area contributed by atoms with Gasteiger partial charge in [-0.15, -0.1) is 0 Å². The molecule has 0 saturated carbocycles. The van der Waals surface area contributed by atoms with Crippen LogP contribution in [0.5, 0.6) is 0 Å². The van der Waals surface area contributed by atoms with Crippen molar-refractivity contribution in [1.29, 1.82) is 0 Å². The SMILES string of the molecule is CCn1nc2c(c1C(=O)NC(c1ccncc1)c1ccc(C)c(C)c1)CCCC2. The van der Waals surface area contributed by atoms with E-state index in [1.54, 1.807) is 12.4 Å². The van der Waals surface area contributed by atoms with E-state index in [1.165, 1.54) is 11.1 Å². The van der Waals surface area contributed by atoms with Gasteiger partial charge in [0.1, 0.15) is 5.69 Å². The smallest absolute Gasteiger partial charge is 0.270 e. The van der Waals surface area contributed by atoms with Crippen molar-refractivity contribution < 1.29 is 4.79 Å². The van der Waals surface area contributed by atoms with Gasteiger partial charge in [-0.3, -0.25) is 14.5 Å². The van der Waals surface area contributed by atoms with Crippen LogP contribution < -0.4 is 5.32 Å². The van der Waals surface area contributed by atoms with Crippen molar-refractivity contribution in [3.8, 4) is 0 Å². The quantitative estimate of drug-likeness (QED) is 0.708. The van der Waals surface area contributed by atoms with Crippen LogP contribution in [0.1, 0.15) is 69.8 Å². The Kier molecular flexibility index (Phi) is 5.47. The third kappa shape index (κ3) is 3.82. The van der Waals surface area contributed by atoms with Crippen LogP contribution in [0.3, 0.4) is 0 Å². The second kappa shape index (κ2) is 8.19. The second-order valence-corrected chi connectivity index (χ2v) is 7.83. The number of nitrogens with zero attached hydrogens (tertiary/aromatic N) is 3. The van der Waals surface area contributed by atoms with Gasteiger partial charge in [0.05, 0.1) is 11.7 Å². The van der Waals surface area contributed by atoms with Crippen molar-refractivity contribution in [2.75, 3.05) is 0 Å². The highest BCUT2D eigenvalue weighted by molar-refractivity contribution is 5.95. The summed E-state index contributed by atoms with van der Waals surface area (Å²) in [6, 6.07) is 10.1. The zero-order valence-corrected chi connectivity index (χ0v) is 17.4. The van der Waals surface area contributed by atoms with Gasteiger partial charge in [0.15, 0.2) is 0 Å². The zero-order chi connectivity index (χ0) is 20.4. The van der Waals surface area contributed by atoms with E-state index in [2.05, 4.69) is 42.3 Å². The monoisotopic (exact) mass is 388 g/mol. The lowest BCUT2D eigenvalue weighted by Crippen LogP contribution is -2.32. The molecule has 1 aromatic carbocycles. The van der Waals surface area contributed by atoms with Crippen molar-refractivity contribution in [3.05, 3.63) is 81.9 Å². The third-order valence-corrected chi connectivity index (χ3v) is 5.92. The van der Waals surface area contributed by atoms with Gasteiger partial charge in [-0.25, -0.2) is 0 Å². The number of carbonyl (C=O) groups excluding carboxylic acids is 1. The van der Waals surface area contributed by atoms with Crippen LogP contribution in [0.25, 0.3) is 0 Å². The molecule has 29 heavy (non-hydrogen) atoms. The van der Waals surface area contributed by atoms with Crippen molar-refractivity contribution in [2.24, 2.45) is 0 Å². The van der Waals surface area contributed by atoms with Gasteiger partial charge in [-0.1, -0.05) is 18.2 Å². The molecule has 2 heterocycles. The molecule has 0 radical (unpaired) electrons. The lowest BCUT2D eigenvalue weighted by Gasteiger charge is -2.21. The van der Waals surface area contributed by atoms with Crippen molar-refractivity contribution >= 4 is 5.91 Å². The van der Waals surface area contributed by atoms with E-state index in [4.69, 9.17) is 5.10 Å². The molecule has 0 saturated heterocycles. The molecule has 5 heteroatoms. The number of pyridine rings is 1. The fraction of sp³-hybridized carbons (Fsp3) is 0.375. The summed E-state index contributed by atoms with van der Waals surface area (Å²) in [4.78, 5) is 17.6. The highest BCUT2D eigenvalue weighted by atomic mass is 16.2. The molecule has 150 valence electrons. The van der Waals surface area contributed by atoms with Crippen LogP contribution in [-0.4, -0.2) is 20.7 Å². The van der Waals surface area contributed by atoms with Crippen molar-refractivity contribution in [2.45, 2.75) is 59.0 Å². The molecule has 0 spiro atoms. The van der Waals surface area contributed by atoms with Gasteiger partial charge in [0.2, 0.25) is 0 Å². The molecule has 0 aliphatic heterocycles. The molecule has 0 fully saturated rings. The number of benzene rings is 1. The number of nitrogens with one attached hydrogen (secondary N) is 1. The summed E-state index contributed by atoms with van der Waals surface area (Å²) in [6.07, 6.45) is 7.71. The van der Waals surface area contributed by atoms with E-state index < -0.39 is 0 Å². The summed E-state index contributed by atoms with van der Waals surface area (Å²) in [5, 5.41) is 8.01. The van der Waals surface area contributed by atoms with E-state index in [-0.39, 0.29) is 11.9 Å². The molecule has 0 bridgehead atoms. The summed E-state index contributed by atoms with van der Waals surface area (Å²) < 4.78 is 1.87. The van der Waals surface area contributed by atoms with E-state index in [1.807, 2.05) is 23.7 Å². The summed E-state index contributed by atoms with van der Waals surface area (Å²) >= 11 is 0. The minimum Gasteiger partial charge on any atom is -0.340 e. The fourth-order valence-corrected chi connectivity index (χ4v) is 4.15. The number of hydrogen-bond donors (Lipinski definition) is 1. The Hall–Kier alpha value is -2.95. The van der Waals surface area contributed by atoms with E-state index in [0.717, 1.165) is 53.8 Å². The first-order valence-electron chi connectivity index (χ1n) is 10.4. The van der Waals surface area contributed by atoms with Crippen LogP contribution in [0.4, 0.5) is 0 Å². The number of hydrogen-bond acceptors (Lipinski definition) is 3. The Morgan fingerprint density at radius 2 is 1.83 bits per heavy atom. The number of carbonyl (C=O) groups is 1. The van der Waals surface area contributed by atoms with E-state index >= 15 is 0 Å². The van der Waals surface area contributed by atoms with Crippen molar-refractivity contribution in [3.63, 3.8) is 0 Å². The van der Waals surface area contributed by atoms with Crippen LogP contribution in [0.2, 0.25) is 0 Å². The lowest BCUT2D eigenvalue weighted by atomic mass is 9.94. The standard InChI is InChI=1S/C24H28N4O/c1-4-28-23(20-7-5-6-8-21(20)27-28)24(29)26-22(18-11-13-25-14-12-18)19-10-9-16(2)17(3)15-19/h9-15,22H,4-8H2,1-3H3,(H,26,29). The molecule has 2 aromatic heterocycles. The summed E-state index contributed by atoms with van der Waals surface area (Å²) in [5.41, 5.74) is 7.50. The topological polar surface area (TPSA) is 59.8 Å². The molecule has 1 unspecified atom stereocenters. The van der Waals surface area contributed by atoms with Gasteiger partial charge in [0, 0.05) is 24.5 Å². The normalized spacial score (nSPS) is 14.3. The Bertz CT molecular complexity index is 1020. The lowest BCUT2D eigenvalue weighted by molar-refractivity contribution is 0.0931. The number of amides is 1. The average molecular weight is 389 g/mol. The molecule has 1 atom stereocenters. The van der Waals surface area contributed by atoms with Gasteiger partial charge < -0.3 is 5.32 Å². The van der Waals surface area contributed by atoms with E-state index in [0.29, 0.717) is 6.54 Å². The Morgan fingerprint density at radius 1 is 1.07 bits per heavy atom. The number of rotatable bonds is 5. The molecule has 1 N–H and O–H groups in total. The maximum absolute atomic E-state index is 13.5. The molecular formula is C24H28N4O. The highest BCUT2D eigenvalue weighted by Crippen LogP contribution is 2.27. The Balaban J connectivity index is 1.73. The van der Waals surface area contributed by atoms with Gasteiger partial charge in [-0.05, 0) is 80.8 Å². The molecule has 4 rings (SSSR count). The number of aryl methyl sites for hydroxylation is 4. The molecule has 1 amide bonds. The minimum atomic E-state index is -0.232. The van der Waals surface area contributed by atoms with Crippen LogP contribution >= 0.6 is 0 Å². The Morgan fingerprint density at radius 3 is 2.55 bits per heavy atom. The van der Waals surface area contributed by atoms with Crippen LogP contribution in [0, 0.1) is 13.8 Å². The molecule has 3 aromatic rings. The molecule has 1 aliphatic rings. The zero-order valence-electron chi connectivity index (χ0n) is 17.4. The predicted molar refractivity (Wildman–Crippen MR) is 114 cm³/mol. The van der Waals surface area contributed by atoms with Gasteiger partial charge >= 0.3 is 0 Å². The molecular weight excluding hydrogens is 360 g/mol. The van der Waals surface area contributed by atoms with Crippen molar-refractivity contribution in [1.82, 2.24) is 20.1 Å². The largest absolute Gasteiger partial charge is 0.340 e. The first kappa shape index (κ1) is 19.4. The Labute approximate surface area is 172 Å². The predicted octanol–water partition coefficient (Wildman–Crippen LogP) is 4.31. The average Bonchev–Trinajstić information content (AvgIpc) is 3.13. The molecule has 5 nitrogen and oxygen atoms in total. The summed E-state index contributed by atoms with van der Waals surface area (Å²) in [7, 11) is 0. The van der Waals surface area contributed by atoms with Crippen LogP contribution in [0.15, 0.2) is 42.7 Å². The van der Waals surface area contributed by atoms with Gasteiger partial charge in [-0.2, -0.15) is 5.10 Å². The summed E-state index contributed by atoms with van der Waals surface area (Å²) in [6.45, 7) is 6.94. The van der Waals surface area contributed by atoms with E-state index in [9.17, 15) is 4.79 Å². The summed E-state index contributed by atoms with van der Waals surface area (Å²) in [5.74, 6) is -0.0532. The molecule has 1 aliphatic carbocycles. The minimum absolute atomic E-state index is 0.0532. The third-order valence-electron chi connectivity index (χ3n) is 5.92. The maximum atomic E-state index is 13.5. The van der Waals surface area contributed by atoms with Gasteiger partial charge in [0.25, 0.3) is 5.91 Å². The maximum Gasteiger partial charge on any atom is 0.270 e. The first-order valence-corrected chi connectivity index (χ1v) is 10.4. The highest BCUT2D eigenvalue weighted by Gasteiger charge is 2.27. The second-order valence-electron chi connectivity index (χ2n) is 7.83. The fourth-order valence-electron chi connectivity index (χ4n) is 4.15. The number of fused-ring (bicyclic) bond motifs is 1. The first-order chi connectivity index (χ1) is 14.1. The number of aromatic nitrogens is 3.